The average Bonchev–Trinajstić information content (AvgIpc) is 2.75. The number of hydrogen-bond donors (Lipinski definition) is 0. The van der Waals surface area contributed by atoms with Gasteiger partial charge in [0.2, 0.25) is 5.41 Å². The van der Waals surface area contributed by atoms with Crippen molar-refractivity contribution in [2.75, 3.05) is 20.3 Å². The van der Waals surface area contributed by atoms with Crippen LogP contribution in [0.2, 0.25) is 0 Å². The van der Waals surface area contributed by atoms with E-state index in [0.29, 0.717) is 11.3 Å². The number of benzene rings is 2. The number of hydrogen-bond acceptors (Lipinski definition) is 6. The van der Waals surface area contributed by atoms with E-state index in [2.05, 4.69) is 11.2 Å². The van der Waals surface area contributed by atoms with Crippen molar-refractivity contribution in [2.45, 2.75) is 30.6 Å². The van der Waals surface area contributed by atoms with E-state index in [0.717, 1.165) is 4.90 Å². The van der Waals surface area contributed by atoms with Gasteiger partial charge in [0.05, 0.1) is 20.3 Å². The molecule has 29 heavy (non-hydrogen) atoms. The number of methoxy groups -OCH3 is 1. The second-order valence-electron chi connectivity index (χ2n) is 5.95. The van der Waals surface area contributed by atoms with Crippen LogP contribution in [-0.4, -0.2) is 32.3 Å². The van der Waals surface area contributed by atoms with Crippen molar-refractivity contribution in [3.63, 3.8) is 0 Å². The summed E-state index contributed by atoms with van der Waals surface area (Å²) in [4.78, 5) is 26.9. The predicted molar refractivity (Wildman–Crippen MR) is 113 cm³/mol. The molecule has 0 radical (unpaired) electrons. The molecule has 0 atom stereocenters. The highest BCUT2D eigenvalue weighted by Gasteiger charge is 2.50. The second kappa shape index (κ2) is 11.2. The fraction of sp³-hybridized carbons (Fsp3) is 0.304. The van der Waals surface area contributed by atoms with E-state index < -0.39 is 17.4 Å². The van der Waals surface area contributed by atoms with Crippen LogP contribution in [0.1, 0.15) is 25.8 Å². The molecule has 0 N–H and O–H groups in total. The van der Waals surface area contributed by atoms with Crippen molar-refractivity contribution in [2.24, 2.45) is 0 Å². The molecular weight excluding hydrogens is 388 g/mol. The Bertz CT molecular complexity index is 848. The molecule has 0 aromatic heterocycles. The van der Waals surface area contributed by atoms with Crippen molar-refractivity contribution in [1.82, 2.24) is 0 Å². The Labute approximate surface area is 175 Å². The van der Waals surface area contributed by atoms with Crippen LogP contribution in [0.25, 0.3) is 0 Å². The standard InChI is InChI=1S/C23H24O5S/c1-4-27-21(24)23(22(25)28-5-2,18-12-14-19(26-3)15-13-18)16-9-17-29-20-10-7-6-8-11-20/h6-8,10-15H,4-5,16H2,1-3H3. The van der Waals surface area contributed by atoms with Crippen molar-refractivity contribution in [1.29, 1.82) is 0 Å². The number of esters is 2. The number of carbonyl (C=O) groups excluding carboxylic acids is 2. The zero-order chi connectivity index (χ0) is 21.1. The molecule has 6 heteroatoms. The molecule has 0 fully saturated rings. The van der Waals surface area contributed by atoms with Crippen LogP contribution in [-0.2, 0) is 24.5 Å². The van der Waals surface area contributed by atoms with Gasteiger partial charge in [0.25, 0.3) is 0 Å². The highest BCUT2D eigenvalue weighted by atomic mass is 32.2. The van der Waals surface area contributed by atoms with Crippen LogP contribution in [0.3, 0.4) is 0 Å². The van der Waals surface area contributed by atoms with Gasteiger partial charge in [-0.2, -0.15) is 0 Å². The Morgan fingerprint density at radius 2 is 1.52 bits per heavy atom. The van der Waals surface area contributed by atoms with E-state index in [1.807, 2.05) is 30.3 Å². The molecule has 0 aliphatic rings. The summed E-state index contributed by atoms with van der Waals surface area (Å²) in [6.07, 6.45) is -0.0587. The summed E-state index contributed by atoms with van der Waals surface area (Å²) in [5.41, 5.74) is -1.21. The molecule has 5 nitrogen and oxygen atoms in total. The van der Waals surface area contributed by atoms with Crippen molar-refractivity contribution in [3.05, 3.63) is 60.2 Å². The third kappa shape index (κ3) is 5.55. The number of rotatable bonds is 8. The molecule has 152 valence electrons. The summed E-state index contributed by atoms with van der Waals surface area (Å²) in [6.45, 7) is 3.67. The van der Waals surface area contributed by atoms with Gasteiger partial charge in [-0.25, -0.2) is 0 Å². The van der Waals surface area contributed by atoms with Gasteiger partial charge in [0, 0.05) is 11.3 Å². The van der Waals surface area contributed by atoms with E-state index in [4.69, 9.17) is 14.2 Å². The molecule has 0 amide bonds. The first-order valence-corrected chi connectivity index (χ1v) is 10.1. The minimum absolute atomic E-state index is 0.0587. The molecule has 2 aromatic rings. The van der Waals surface area contributed by atoms with Crippen LogP contribution in [0.4, 0.5) is 0 Å². The summed E-state index contributed by atoms with van der Waals surface area (Å²) in [5.74, 6) is 2.22. The quantitative estimate of drug-likeness (QED) is 0.280. The lowest BCUT2D eigenvalue weighted by Gasteiger charge is -2.28. The topological polar surface area (TPSA) is 61.8 Å². The van der Waals surface area contributed by atoms with Gasteiger partial charge in [0.15, 0.2) is 0 Å². The lowest BCUT2D eigenvalue weighted by atomic mass is 9.77. The Hall–Kier alpha value is -2.91. The summed E-state index contributed by atoms with van der Waals surface area (Å²) in [5, 5.41) is 2.97. The molecule has 0 heterocycles. The maximum absolute atomic E-state index is 13.0. The third-order valence-electron chi connectivity index (χ3n) is 4.17. The maximum Gasteiger partial charge on any atom is 0.329 e. The SMILES string of the molecule is CCOC(=O)C(CC#CSc1ccccc1)(C(=O)OCC)c1ccc(OC)cc1. The smallest absolute Gasteiger partial charge is 0.329 e. The Balaban J connectivity index is 2.43. The van der Waals surface area contributed by atoms with Crippen molar-refractivity contribution < 1.29 is 23.8 Å². The van der Waals surface area contributed by atoms with E-state index in [1.54, 1.807) is 45.2 Å². The van der Waals surface area contributed by atoms with E-state index in [1.165, 1.54) is 11.8 Å². The first kappa shape index (κ1) is 22.4. The summed E-state index contributed by atoms with van der Waals surface area (Å²) >= 11 is 1.33. The molecule has 2 rings (SSSR count). The van der Waals surface area contributed by atoms with Gasteiger partial charge in [-0.15, -0.1) is 0 Å². The monoisotopic (exact) mass is 412 g/mol. The number of carbonyl (C=O) groups is 2. The molecular formula is C23H24O5S. The van der Waals surface area contributed by atoms with Crippen LogP contribution in [0.5, 0.6) is 5.75 Å². The van der Waals surface area contributed by atoms with E-state index in [9.17, 15) is 9.59 Å². The largest absolute Gasteiger partial charge is 0.497 e. The maximum atomic E-state index is 13.0. The number of ether oxygens (including phenoxy) is 3. The molecule has 0 saturated heterocycles. The number of thioether (sulfide) groups is 1. The first-order valence-electron chi connectivity index (χ1n) is 9.27. The van der Waals surface area contributed by atoms with Gasteiger partial charge in [-0.05, 0) is 60.7 Å². The predicted octanol–water partition coefficient (Wildman–Crippen LogP) is 4.20. The Morgan fingerprint density at radius 1 is 0.931 bits per heavy atom. The minimum atomic E-state index is -1.66. The molecule has 0 aliphatic carbocycles. The van der Waals surface area contributed by atoms with Gasteiger partial charge in [-0.3, -0.25) is 9.59 Å². The highest BCUT2D eigenvalue weighted by Crippen LogP contribution is 2.33. The van der Waals surface area contributed by atoms with Crippen LogP contribution < -0.4 is 4.74 Å². The van der Waals surface area contributed by atoms with Gasteiger partial charge < -0.3 is 14.2 Å². The minimum Gasteiger partial charge on any atom is -0.497 e. The van der Waals surface area contributed by atoms with E-state index >= 15 is 0 Å². The Kier molecular flexibility index (Phi) is 8.63. The van der Waals surface area contributed by atoms with Gasteiger partial charge in [0.1, 0.15) is 5.75 Å². The average molecular weight is 413 g/mol. The fourth-order valence-corrected chi connectivity index (χ4v) is 3.26. The molecule has 0 aliphatic heterocycles. The highest BCUT2D eigenvalue weighted by molar-refractivity contribution is 8.03. The normalized spacial score (nSPS) is 10.4. The van der Waals surface area contributed by atoms with Crippen LogP contribution >= 0.6 is 11.8 Å². The zero-order valence-electron chi connectivity index (χ0n) is 16.8. The van der Waals surface area contributed by atoms with Crippen LogP contribution in [0.15, 0.2) is 59.5 Å². The van der Waals surface area contributed by atoms with Gasteiger partial charge in [-0.1, -0.05) is 36.3 Å². The van der Waals surface area contributed by atoms with Gasteiger partial charge >= 0.3 is 11.9 Å². The lowest BCUT2D eigenvalue weighted by molar-refractivity contribution is -0.164. The summed E-state index contributed by atoms with van der Waals surface area (Å²) in [6, 6.07) is 16.3. The van der Waals surface area contributed by atoms with E-state index in [-0.39, 0.29) is 19.6 Å². The van der Waals surface area contributed by atoms with Crippen molar-refractivity contribution in [3.8, 4) is 16.9 Å². The fourth-order valence-electron chi connectivity index (χ4n) is 2.70. The molecule has 0 bridgehead atoms. The van der Waals surface area contributed by atoms with Crippen LogP contribution in [0, 0.1) is 11.2 Å². The summed E-state index contributed by atoms with van der Waals surface area (Å²) < 4.78 is 15.7. The first-order chi connectivity index (χ1) is 14.1. The molecule has 2 aromatic carbocycles. The van der Waals surface area contributed by atoms with Crippen molar-refractivity contribution >= 4 is 23.7 Å². The zero-order valence-corrected chi connectivity index (χ0v) is 17.6. The second-order valence-corrected chi connectivity index (χ2v) is 6.83. The lowest BCUT2D eigenvalue weighted by Crippen LogP contribution is -2.46. The molecule has 0 unspecified atom stereocenters. The molecule has 0 saturated carbocycles. The Morgan fingerprint density at radius 3 is 2.03 bits per heavy atom. The molecule has 0 spiro atoms. The third-order valence-corrected chi connectivity index (χ3v) is 4.92. The summed E-state index contributed by atoms with van der Waals surface area (Å²) in [7, 11) is 1.55.